The molecule has 0 fully saturated rings. The van der Waals surface area contributed by atoms with E-state index in [4.69, 9.17) is 0 Å². The van der Waals surface area contributed by atoms with Gasteiger partial charge in [-0.15, -0.1) is 45.5 Å². The summed E-state index contributed by atoms with van der Waals surface area (Å²) in [5, 5.41) is 16.9. The highest BCUT2D eigenvalue weighted by atomic mass is 127. The van der Waals surface area contributed by atoms with Crippen molar-refractivity contribution >= 4 is 41.3 Å². The quantitative estimate of drug-likeness (QED) is 0.299. The number of rotatable bonds is 6. The second-order valence-electron chi connectivity index (χ2n) is 6.26. The van der Waals surface area contributed by atoms with Gasteiger partial charge in [0.05, 0.1) is 19.6 Å². The van der Waals surface area contributed by atoms with E-state index in [-0.39, 0.29) is 29.8 Å². The maximum absolute atomic E-state index is 13.8. The van der Waals surface area contributed by atoms with Crippen molar-refractivity contribution in [2.45, 2.75) is 33.5 Å². The maximum atomic E-state index is 13.8. The lowest BCUT2D eigenvalue weighted by Crippen LogP contribution is -2.37. The molecule has 150 valence electrons. The number of benzene rings is 1. The molecule has 0 amide bonds. The summed E-state index contributed by atoms with van der Waals surface area (Å²) in [6.07, 6.45) is 0. The summed E-state index contributed by atoms with van der Waals surface area (Å²) in [5.74, 6) is 2.11. The number of aryl methyl sites for hydroxylation is 2. The monoisotopic (exact) mass is 514 g/mol. The number of guanidine groups is 1. The van der Waals surface area contributed by atoms with Crippen LogP contribution in [0.2, 0.25) is 0 Å². The van der Waals surface area contributed by atoms with Crippen molar-refractivity contribution in [3.8, 4) is 0 Å². The molecule has 0 saturated heterocycles. The largest absolute Gasteiger partial charge is 0.351 e. The number of thiophene rings is 1. The molecule has 6 nitrogen and oxygen atoms in total. The normalized spacial score (nSPS) is 11.2. The second kappa shape index (κ2) is 10.5. The van der Waals surface area contributed by atoms with Crippen molar-refractivity contribution in [2.24, 2.45) is 12.0 Å². The van der Waals surface area contributed by atoms with Gasteiger partial charge in [0.15, 0.2) is 11.8 Å². The molecule has 3 aromatic rings. The molecule has 0 aliphatic rings. The highest BCUT2D eigenvalue weighted by Gasteiger charge is 2.07. The van der Waals surface area contributed by atoms with E-state index in [1.165, 1.54) is 10.9 Å². The smallest absolute Gasteiger partial charge is 0.192 e. The average molecular weight is 514 g/mol. The van der Waals surface area contributed by atoms with Gasteiger partial charge in [-0.25, -0.2) is 9.38 Å². The van der Waals surface area contributed by atoms with Crippen molar-refractivity contribution < 1.29 is 4.39 Å². The zero-order chi connectivity index (χ0) is 19.2. The number of aromatic nitrogens is 3. The predicted octanol–water partition coefficient (Wildman–Crippen LogP) is 3.69. The summed E-state index contributed by atoms with van der Waals surface area (Å²) in [6.45, 7) is 5.21. The summed E-state index contributed by atoms with van der Waals surface area (Å²) in [6, 6.07) is 9.28. The molecule has 2 heterocycles. The fourth-order valence-electron chi connectivity index (χ4n) is 2.43. The van der Waals surface area contributed by atoms with Crippen LogP contribution in [0.5, 0.6) is 0 Å². The first-order valence-electron chi connectivity index (χ1n) is 8.67. The SMILES string of the molecule is Cc1ccc(CN=C(NCc2cccs2)NCc2nnc(C)n2C)cc1F.I. The van der Waals surface area contributed by atoms with Crippen molar-refractivity contribution in [3.05, 3.63) is 69.2 Å². The minimum atomic E-state index is -0.210. The molecule has 0 aliphatic carbocycles. The Kier molecular flexibility index (Phi) is 8.36. The summed E-state index contributed by atoms with van der Waals surface area (Å²) in [7, 11) is 1.93. The van der Waals surface area contributed by atoms with Crippen LogP contribution in [0.25, 0.3) is 0 Å². The van der Waals surface area contributed by atoms with Crippen LogP contribution in [-0.4, -0.2) is 20.7 Å². The summed E-state index contributed by atoms with van der Waals surface area (Å²) < 4.78 is 15.7. The van der Waals surface area contributed by atoms with E-state index >= 15 is 0 Å². The zero-order valence-corrected chi connectivity index (χ0v) is 19.2. The average Bonchev–Trinajstić information content (AvgIpc) is 3.28. The van der Waals surface area contributed by atoms with Crippen LogP contribution in [0.1, 0.15) is 27.7 Å². The van der Waals surface area contributed by atoms with E-state index < -0.39 is 0 Å². The van der Waals surface area contributed by atoms with Gasteiger partial charge in [-0.05, 0) is 42.5 Å². The van der Waals surface area contributed by atoms with Crippen LogP contribution in [0.15, 0.2) is 40.7 Å². The molecule has 0 radical (unpaired) electrons. The van der Waals surface area contributed by atoms with Gasteiger partial charge >= 0.3 is 0 Å². The highest BCUT2D eigenvalue weighted by Crippen LogP contribution is 2.10. The first kappa shape index (κ1) is 22.3. The predicted molar refractivity (Wildman–Crippen MR) is 121 cm³/mol. The molecule has 0 aliphatic heterocycles. The van der Waals surface area contributed by atoms with Crippen LogP contribution in [0, 0.1) is 19.7 Å². The number of nitrogens with one attached hydrogen (secondary N) is 2. The number of hydrogen-bond donors (Lipinski definition) is 2. The Morgan fingerprint density at radius 3 is 2.61 bits per heavy atom. The van der Waals surface area contributed by atoms with Gasteiger partial charge < -0.3 is 15.2 Å². The Morgan fingerprint density at radius 2 is 1.96 bits per heavy atom. The second-order valence-corrected chi connectivity index (χ2v) is 7.29. The first-order chi connectivity index (χ1) is 13.0. The molecule has 0 spiro atoms. The summed E-state index contributed by atoms with van der Waals surface area (Å²) >= 11 is 1.68. The molecular weight excluding hydrogens is 490 g/mol. The van der Waals surface area contributed by atoms with E-state index in [9.17, 15) is 4.39 Å². The fraction of sp³-hybridized carbons (Fsp3) is 0.316. The van der Waals surface area contributed by atoms with Crippen molar-refractivity contribution in [1.29, 1.82) is 0 Å². The van der Waals surface area contributed by atoms with Crippen molar-refractivity contribution in [1.82, 2.24) is 25.4 Å². The lowest BCUT2D eigenvalue weighted by molar-refractivity contribution is 0.616. The minimum absolute atomic E-state index is 0. The topological polar surface area (TPSA) is 67.1 Å². The van der Waals surface area contributed by atoms with E-state index in [2.05, 4.69) is 31.9 Å². The molecule has 0 bridgehead atoms. The standard InChI is InChI=1S/C19H23FN6S.HI/c1-13-6-7-15(9-17(13)20)10-21-19(22-11-16-5-4-8-27-16)23-12-18-25-24-14(2)26(18)3;/h4-9H,10-12H2,1-3H3,(H2,21,22,23);1H. The van der Waals surface area contributed by atoms with Crippen LogP contribution in [0.4, 0.5) is 4.39 Å². The van der Waals surface area contributed by atoms with E-state index in [0.717, 1.165) is 17.2 Å². The Morgan fingerprint density at radius 1 is 1.18 bits per heavy atom. The van der Waals surface area contributed by atoms with Crippen LogP contribution in [0.3, 0.4) is 0 Å². The third kappa shape index (κ3) is 5.99. The molecule has 2 N–H and O–H groups in total. The Hall–Kier alpha value is -2.01. The molecule has 28 heavy (non-hydrogen) atoms. The summed E-state index contributed by atoms with van der Waals surface area (Å²) in [5.41, 5.74) is 1.46. The number of nitrogens with zero attached hydrogens (tertiary/aromatic N) is 4. The van der Waals surface area contributed by atoms with Crippen LogP contribution < -0.4 is 10.6 Å². The van der Waals surface area contributed by atoms with Gasteiger partial charge in [-0.1, -0.05) is 18.2 Å². The molecule has 0 unspecified atom stereocenters. The fourth-order valence-corrected chi connectivity index (χ4v) is 3.08. The molecule has 0 saturated carbocycles. The number of hydrogen-bond acceptors (Lipinski definition) is 4. The maximum Gasteiger partial charge on any atom is 0.192 e. The van der Waals surface area contributed by atoms with Gasteiger partial charge in [0.2, 0.25) is 0 Å². The van der Waals surface area contributed by atoms with E-state index in [1.807, 2.05) is 36.1 Å². The molecule has 0 atom stereocenters. The van der Waals surface area contributed by atoms with E-state index in [0.29, 0.717) is 31.2 Å². The van der Waals surface area contributed by atoms with Gasteiger partial charge in [0.1, 0.15) is 11.6 Å². The van der Waals surface area contributed by atoms with Crippen LogP contribution in [-0.2, 0) is 26.7 Å². The van der Waals surface area contributed by atoms with Crippen molar-refractivity contribution in [3.63, 3.8) is 0 Å². The molecular formula is C19H24FIN6S. The van der Waals surface area contributed by atoms with Gasteiger partial charge in [0.25, 0.3) is 0 Å². The molecule has 2 aromatic heterocycles. The lowest BCUT2D eigenvalue weighted by atomic mass is 10.1. The lowest BCUT2D eigenvalue weighted by Gasteiger charge is -2.12. The van der Waals surface area contributed by atoms with E-state index in [1.54, 1.807) is 24.3 Å². The third-order valence-electron chi connectivity index (χ3n) is 4.26. The molecule has 1 aromatic carbocycles. The Labute approximate surface area is 185 Å². The minimum Gasteiger partial charge on any atom is -0.351 e. The summed E-state index contributed by atoms with van der Waals surface area (Å²) in [4.78, 5) is 5.80. The van der Waals surface area contributed by atoms with Gasteiger partial charge in [0, 0.05) is 11.9 Å². The zero-order valence-electron chi connectivity index (χ0n) is 16.1. The molecule has 9 heteroatoms. The highest BCUT2D eigenvalue weighted by molar-refractivity contribution is 14.0. The molecule has 3 rings (SSSR count). The Bertz CT molecular complexity index is 923. The number of aliphatic imine (C=N–C) groups is 1. The Balaban J connectivity index is 0.00000280. The van der Waals surface area contributed by atoms with Crippen LogP contribution >= 0.6 is 35.3 Å². The van der Waals surface area contributed by atoms with Gasteiger partial charge in [-0.3, -0.25) is 0 Å². The van der Waals surface area contributed by atoms with Gasteiger partial charge in [-0.2, -0.15) is 0 Å². The number of halogens is 2. The first-order valence-corrected chi connectivity index (χ1v) is 9.55. The third-order valence-corrected chi connectivity index (χ3v) is 5.14. The van der Waals surface area contributed by atoms with Crippen molar-refractivity contribution in [2.75, 3.05) is 0 Å².